The van der Waals surface area contributed by atoms with Crippen LogP contribution in [0.3, 0.4) is 0 Å². The average Bonchev–Trinajstić information content (AvgIpc) is 2.35. The minimum Gasteiger partial charge on any atom is -0.477 e. The lowest BCUT2D eigenvalue weighted by Crippen LogP contribution is -2.38. The molecule has 1 atom stereocenters. The molecule has 0 aromatic heterocycles. The third kappa shape index (κ3) is 3.96. The van der Waals surface area contributed by atoms with Crippen LogP contribution in [0.4, 0.5) is 8.78 Å². The van der Waals surface area contributed by atoms with E-state index in [0.717, 1.165) is 0 Å². The van der Waals surface area contributed by atoms with Crippen molar-refractivity contribution in [3.8, 4) is 0 Å². The molecule has 0 radical (unpaired) electrons. The van der Waals surface area contributed by atoms with Crippen LogP contribution in [0, 0.1) is 11.6 Å². The maximum absolute atomic E-state index is 13.9. The minimum absolute atomic E-state index is 0.00540. The Balaban J connectivity index is 3.16. The summed E-state index contributed by atoms with van der Waals surface area (Å²) in [5, 5.41) is 8.73. The van der Waals surface area contributed by atoms with Crippen molar-refractivity contribution in [2.45, 2.75) is 17.9 Å². The Morgan fingerprint density at radius 3 is 2.43 bits per heavy atom. The fourth-order valence-electron chi connectivity index (χ4n) is 1.43. The van der Waals surface area contributed by atoms with Crippen molar-refractivity contribution in [3.05, 3.63) is 29.3 Å². The lowest BCUT2D eigenvalue weighted by atomic mass is 10.2. The first-order valence-corrected chi connectivity index (χ1v) is 7.43. The van der Waals surface area contributed by atoms with Gasteiger partial charge in [-0.05, 0) is 33.2 Å². The van der Waals surface area contributed by atoms with Crippen LogP contribution < -0.4 is 4.72 Å². The number of sulfonamides is 1. The van der Waals surface area contributed by atoms with Gasteiger partial charge in [-0.25, -0.2) is 26.7 Å². The maximum Gasteiger partial charge on any atom is 0.341 e. The van der Waals surface area contributed by atoms with Crippen molar-refractivity contribution >= 4 is 16.0 Å². The quantitative estimate of drug-likeness (QED) is 0.812. The van der Waals surface area contributed by atoms with E-state index in [9.17, 15) is 22.0 Å². The monoisotopic (exact) mass is 322 g/mol. The van der Waals surface area contributed by atoms with Gasteiger partial charge in [0.15, 0.2) is 5.82 Å². The van der Waals surface area contributed by atoms with Gasteiger partial charge >= 0.3 is 5.97 Å². The number of hydrogen-bond acceptors (Lipinski definition) is 4. The van der Waals surface area contributed by atoms with Crippen LogP contribution in [-0.2, 0) is 10.0 Å². The van der Waals surface area contributed by atoms with E-state index in [4.69, 9.17) is 5.11 Å². The zero-order valence-electron chi connectivity index (χ0n) is 11.7. The highest BCUT2D eigenvalue weighted by molar-refractivity contribution is 7.89. The molecule has 0 amide bonds. The van der Waals surface area contributed by atoms with E-state index in [1.54, 1.807) is 25.9 Å². The number of aromatic carboxylic acids is 1. The third-order valence-electron chi connectivity index (χ3n) is 3.01. The highest BCUT2D eigenvalue weighted by Gasteiger charge is 2.27. The van der Waals surface area contributed by atoms with E-state index in [2.05, 4.69) is 4.72 Å². The summed E-state index contributed by atoms with van der Waals surface area (Å²) in [6.45, 7) is 1.74. The number of benzene rings is 1. The summed E-state index contributed by atoms with van der Waals surface area (Å²) in [6.07, 6.45) is 0. The molecule has 1 aromatic carbocycles. The van der Waals surface area contributed by atoms with E-state index >= 15 is 0 Å². The van der Waals surface area contributed by atoms with Crippen molar-refractivity contribution in [1.82, 2.24) is 9.62 Å². The molecule has 6 nitrogen and oxygen atoms in total. The molecule has 0 saturated heterocycles. The molecule has 0 aliphatic rings. The SMILES string of the molecule is CC(CNS(=O)(=O)c1ccc(F)c(C(=O)O)c1F)N(C)C. The second kappa shape index (κ2) is 6.46. The van der Waals surface area contributed by atoms with Gasteiger partial charge in [-0.1, -0.05) is 0 Å². The smallest absolute Gasteiger partial charge is 0.341 e. The van der Waals surface area contributed by atoms with E-state index in [0.29, 0.717) is 12.1 Å². The number of rotatable bonds is 6. The Bertz CT molecular complexity index is 647. The Hall–Kier alpha value is -1.58. The molecule has 1 rings (SSSR count). The van der Waals surface area contributed by atoms with Gasteiger partial charge in [0.25, 0.3) is 0 Å². The van der Waals surface area contributed by atoms with Crippen LogP contribution in [0.1, 0.15) is 17.3 Å². The highest BCUT2D eigenvalue weighted by atomic mass is 32.2. The molecule has 9 heteroatoms. The number of hydrogen-bond donors (Lipinski definition) is 2. The summed E-state index contributed by atoms with van der Waals surface area (Å²) in [6, 6.07) is 1.14. The number of nitrogens with one attached hydrogen (secondary N) is 1. The van der Waals surface area contributed by atoms with Crippen molar-refractivity contribution < 1.29 is 27.1 Å². The van der Waals surface area contributed by atoms with E-state index in [1.165, 1.54) is 0 Å². The van der Waals surface area contributed by atoms with Gasteiger partial charge in [0.2, 0.25) is 10.0 Å². The summed E-state index contributed by atoms with van der Waals surface area (Å²) in [7, 11) is -0.802. The molecule has 0 heterocycles. The van der Waals surface area contributed by atoms with Gasteiger partial charge in [-0.2, -0.15) is 0 Å². The van der Waals surface area contributed by atoms with Gasteiger partial charge in [0.05, 0.1) is 0 Å². The predicted molar refractivity (Wildman–Crippen MR) is 71.7 cm³/mol. The van der Waals surface area contributed by atoms with Gasteiger partial charge in [-0.3, -0.25) is 0 Å². The van der Waals surface area contributed by atoms with Crippen LogP contribution in [0.2, 0.25) is 0 Å². The van der Waals surface area contributed by atoms with Gasteiger partial charge in [0.1, 0.15) is 16.3 Å². The molecular formula is C12H16F2N2O4S. The summed E-state index contributed by atoms with van der Waals surface area (Å²) in [4.78, 5) is 11.6. The average molecular weight is 322 g/mol. The number of carboxylic acid groups (broad SMARTS) is 1. The van der Waals surface area contributed by atoms with E-state index < -0.39 is 38.1 Å². The van der Waals surface area contributed by atoms with Crippen LogP contribution in [0.15, 0.2) is 17.0 Å². The lowest BCUT2D eigenvalue weighted by Gasteiger charge is -2.20. The largest absolute Gasteiger partial charge is 0.477 e. The molecule has 0 fully saturated rings. The predicted octanol–water partition coefficient (Wildman–Crippen LogP) is 0.891. The molecule has 0 aliphatic heterocycles. The van der Waals surface area contributed by atoms with Crippen LogP contribution >= 0.6 is 0 Å². The first-order chi connectivity index (χ1) is 9.58. The molecule has 118 valence electrons. The molecule has 1 aromatic rings. The van der Waals surface area contributed by atoms with Crippen molar-refractivity contribution in [2.24, 2.45) is 0 Å². The van der Waals surface area contributed by atoms with Crippen LogP contribution in [0.5, 0.6) is 0 Å². The Labute approximate surface area is 121 Å². The van der Waals surface area contributed by atoms with Crippen LogP contribution in [0.25, 0.3) is 0 Å². The lowest BCUT2D eigenvalue weighted by molar-refractivity contribution is 0.0685. The standard InChI is InChI=1S/C12H16F2N2O4S/c1-7(16(2)3)6-15-21(19,20)9-5-4-8(13)10(11(9)14)12(17)18/h4-5,7,15H,6H2,1-3H3,(H,17,18). The molecule has 2 N–H and O–H groups in total. The van der Waals surface area contributed by atoms with E-state index in [-0.39, 0.29) is 12.6 Å². The Kier molecular flexibility index (Phi) is 5.37. The zero-order valence-corrected chi connectivity index (χ0v) is 12.5. The summed E-state index contributed by atoms with van der Waals surface area (Å²) in [5.41, 5.74) is -1.29. The number of halogens is 2. The number of carbonyl (C=O) groups is 1. The Morgan fingerprint density at radius 1 is 1.38 bits per heavy atom. The molecular weight excluding hydrogens is 306 g/mol. The molecule has 0 bridgehead atoms. The maximum atomic E-state index is 13.9. The normalized spacial score (nSPS) is 13.4. The first-order valence-electron chi connectivity index (χ1n) is 5.95. The number of likely N-dealkylation sites (N-methyl/N-ethyl adjacent to an activating group) is 1. The van der Waals surface area contributed by atoms with Gasteiger partial charge in [-0.15, -0.1) is 0 Å². The number of nitrogens with zero attached hydrogens (tertiary/aromatic N) is 1. The molecule has 0 aliphatic carbocycles. The molecule has 21 heavy (non-hydrogen) atoms. The van der Waals surface area contributed by atoms with Crippen molar-refractivity contribution in [2.75, 3.05) is 20.6 Å². The van der Waals surface area contributed by atoms with Crippen LogP contribution in [-0.4, -0.2) is 51.1 Å². The van der Waals surface area contributed by atoms with E-state index in [1.807, 2.05) is 0 Å². The highest BCUT2D eigenvalue weighted by Crippen LogP contribution is 2.21. The Morgan fingerprint density at radius 2 is 1.95 bits per heavy atom. The molecule has 0 saturated carbocycles. The first kappa shape index (κ1) is 17.5. The summed E-state index contributed by atoms with van der Waals surface area (Å²) >= 11 is 0. The fraction of sp³-hybridized carbons (Fsp3) is 0.417. The van der Waals surface area contributed by atoms with Crippen molar-refractivity contribution in [3.63, 3.8) is 0 Å². The van der Waals surface area contributed by atoms with Gasteiger partial charge < -0.3 is 10.0 Å². The zero-order chi connectivity index (χ0) is 16.4. The third-order valence-corrected chi connectivity index (χ3v) is 4.45. The van der Waals surface area contributed by atoms with Gasteiger partial charge in [0, 0.05) is 12.6 Å². The second-order valence-corrected chi connectivity index (χ2v) is 6.44. The summed E-state index contributed by atoms with van der Waals surface area (Å²) in [5.74, 6) is -4.82. The molecule has 0 spiro atoms. The van der Waals surface area contributed by atoms with Crippen molar-refractivity contribution in [1.29, 1.82) is 0 Å². The number of carboxylic acids is 1. The second-order valence-electron chi connectivity index (χ2n) is 4.70. The summed E-state index contributed by atoms with van der Waals surface area (Å²) < 4.78 is 53.3. The molecule has 1 unspecified atom stereocenters. The fourth-order valence-corrected chi connectivity index (χ4v) is 2.63. The topological polar surface area (TPSA) is 86.7 Å². The minimum atomic E-state index is -4.27.